The Hall–Kier alpha value is -1.83. The second kappa shape index (κ2) is 7.19. The predicted molar refractivity (Wildman–Crippen MR) is 96.6 cm³/mol. The van der Waals surface area contributed by atoms with Gasteiger partial charge in [0.05, 0.1) is 0 Å². The summed E-state index contributed by atoms with van der Waals surface area (Å²) in [6.07, 6.45) is 2.03. The first-order valence-corrected chi connectivity index (χ1v) is 9.85. The Morgan fingerprint density at radius 3 is 2.28 bits per heavy atom. The van der Waals surface area contributed by atoms with Crippen LogP contribution in [0.25, 0.3) is 0 Å². The number of hydrogen-bond donors (Lipinski definition) is 1. The number of hydrogen-bond acceptors (Lipinski definition) is 4. The fourth-order valence-corrected chi connectivity index (χ4v) is 4.31. The predicted octanol–water partition coefficient (Wildman–Crippen LogP) is 3.43. The zero-order valence-corrected chi connectivity index (χ0v) is 15.4. The highest BCUT2D eigenvalue weighted by molar-refractivity contribution is 7.92. The molecule has 0 radical (unpaired) electrons. The molecule has 1 aliphatic rings. The molecule has 2 heterocycles. The SMILES string of the molecule is O=C(c1ccc(NS(=O)(=O)c2ccc(Cl)nc2Cl)cc1)N1CCCC1. The summed E-state index contributed by atoms with van der Waals surface area (Å²) in [6, 6.07) is 8.90. The number of benzene rings is 1. The Morgan fingerprint density at radius 2 is 1.68 bits per heavy atom. The van der Waals surface area contributed by atoms with Crippen LogP contribution in [0.4, 0.5) is 5.69 Å². The molecular formula is C16H15Cl2N3O3S. The van der Waals surface area contributed by atoms with Crippen molar-refractivity contribution < 1.29 is 13.2 Å². The first-order valence-electron chi connectivity index (χ1n) is 7.61. The van der Waals surface area contributed by atoms with Crippen molar-refractivity contribution in [1.29, 1.82) is 0 Å². The molecule has 0 unspecified atom stereocenters. The van der Waals surface area contributed by atoms with Crippen molar-refractivity contribution in [3.05, 3.63) is 52.3 Å². The molecule has 0 saturated carbocycles. The van der Waals surface area contributed by atoms with Gasteiger partial charge >= 0.3 is 0 Å². The second-order valence-corrected chi connectivity index (χ2v) is 8.00. The van der Waals surface area contributed by atoms with Gasteiger partial charge in [-0.1, -0.05) is 23.2 Å². The maximum atomic E-state index is 12.4. The summed E-state index contributed by atoms with van der Waals surface area (Å²) in [6.45, 7) is 1.52. The van der Waals surface area contributed by atoms with E-state index in [0.29, 0.717) is 11.3 Å². The topological polar surface area (TPSA) is 79.4 Å². The smallest absolute Gasteiger partial charge is 0.264 e. The number of rotatable bonds is 4. The zero-order chi connectivity index (χ0) is 18.0. The minimum absolute atomic E-state index is 0.0446. The molecule has 1 aromatic heterocycles. The average Bonchev–Trinajstić information content (AvgIpc) is 3.08. The molecule has 1 amide bonds. The summed E-state index contributed by atoms with van der Waals surface area (Å²) >= 11 is 11.5. The van der Waals surface area contributed by atoms with Crippen LogP contribution in [-0.4, -0.2) is 37.3 Å². The molecule has 3 rings (SSSR count). The molecule has 1 saturated heterocycles. The van der Waals surface area contributed by atoms with Crippen molar-refractivity contribution in [3.8, 4) is 0 Å². The molecule has 0 atom stereocenters. The summed E-state index contributed by atoms with van der Waals surface area (Å²) in [5.41, 5.74) is 0.847. The van der Waals surface area contributed by atoms with Crippen LogP contribution in [0.15, 0.2) is 41.3 Å². The molecule has 132 valence electrons. The lowest BCUT2D eigenvalue weighted by molar-refractivity contribution is 0.0793. The van der Waals surface area contributed by atoms with Crippen molar-refractivity contribution in [2.45, 2.75) is 17.7 Å². The molecule has 1 aliphatic heterocycles. The van der Waals surface area contributed by atoms with Crippen LogP contribution in [0.1, 0.15) is 23.2 Å². The van der Waals surface area contributed by atoms with Crippen molar-refractivity contribution in [3.63, 3.8) is 0 Å². The summed E-state index contributed by atoms with van der Waals surface area (Å²) in [5.74, 6) is -0.0446. The maximum Gasteiger partial charge on any atom is 0.264 e. The van der Waals surface area contributed by atoms with E-state index in [9.17, 15) is 13.2 Å². The Kier molecular flexibility index (Phi) is 5.17. The molecule has 1 N–H and O–H groups in total. The molecule has 0 aliphatic carbocycles. The summed E-state index contributed by atoms with van der Waals surface area (Å²) in [5, 5.41) is -0.102. The number of carbonyl (C=O) groups excluding carboxylic acids is 1. The van der Waals surface area contributed by atoms with E-state index in [2.05, 4.69) is 9.71 Å². The van der Waals surface area contributed by atoms with Crippen LogP contribution < -0.4 is 4.72 Å². The van der Waals surface area contributed by atoms with E-state index in [1.807, 2.05) is 0 Å². The second-order valence-electron chi connectivity index (χ2n) is 5.61. The lowest BCUT2D eigenvalue weighted by atomic mass is 10.2. The van der Waals surface area contributed by atoms with Gasteiger partial charge in [0.2, 0.25) is 0 Å². The highest BCUT2D eigenvalue weighted by Gasteiger charge is 2.21. The molecule has 1 fully saturated rings. The highest BCUT2D eigenvalue weighted by Crippen LogP contribution is 2.24. The number of nitrogens with one attached hydrogen (secondary N) is 1. The summed E-state index contributed by atoms with van der Waals surface area (Å²) in [7, 11) is -3.91. The lowest BCUT2D eigenvalue weighted by Gasteiger charge is -2.15. The molecule has 9 heteroatoms. The number of sulfonamides is 1. The third kappa shape index (κ3) is 4.05. The van der Waals surface area contributed by atoms with Crippen LogP contribution >= 0.6 is 23.2 Å². The zero-order valence-electron chi connectivity index (χ0n) is 13.1. The van der Waals surface area contributed by atoms with Crippen LogP contribution in [0, 0.1) is 0 Å². The number of anilines is 1. The van der Waals surface area contributed by atoms with Gasteiger partial charge in [0, 0.05) is 24.3 Å². The van der Waals surface area contributed by atoms with Gasteiger partial charge in [-0.05, 0) is 49.2 Å². The quantitative estimate of drug-likeness (QED) is 0.798. The van der Waals surface area contributed by atoms with E-state index in [1.54, 1.807) is 17.0 Å². The number of halogens is 2. The number of amides is 1. The minimum atomic E-state index is -3.91. The Labute approximate surface area is 155 Å². The van der Waals surface area contributed by atoms with Crippen LogP contribution in [-0.2, 0) is 10.0 Å². The third-order valence-corrected chi connectivity index (χ3v) is 5.87. The van der Waals surface area contributed by atoms with E-state index in [1.165, 1.54) is 24.3 Å². The lowest BCUT2D eigenvalue weighted by Crippen LogP contribution is -2.27. The van der Waals surface area contributed by atoms with Gasteiger partial charge in [0.15, 0.2) is 5.15 Å². The van der Waals surface area contributed by atoms with Crippen LogP contribution in [0.5, 0.6) is 0 Å². The van der Waals surface area contributed by atoms with E-state index < -0.39 is 10.0 Å². The van der Waals surface area contributed by atoms with Crippen molar-refractivity contribution >= 4 is 44.8 Å². The van der Waals surface area contributed by atoms with Crippen LogP contribution in [0.2, 0.25) is 10.3 Å². The Morgan fingerprint density at radius 1 is 1.04 bits per heavy atom. The van der Waals surface area contributed by atoms with Gasteiger partial charge in [-0.2, -0.15) is 0 Å². The number of likely N-dealkylation sites (tertiary alicyclic amines) is 1. The highest BCUT2D eigenvalue weighted by atomic mass is 35.5. The molecule has 0 bridgehead atoms. The number of carbonyl (C=O) groups is 1. The van der Waals surface area contributed by atoms with Gasteiger partial charge in [0.1, 0.15) is 10.0 Å². The minimum Gasteiger partial charge on any atom is -0.339 e. The van der Waals surface area contributed by atoms with Crippen molar-refractivity contribution in [2.75, 3.05) is 17.8 Å². The number of aromatic nitrogens is 1. The first kappa shape index (κ1) is 18.0. The number of nitrogens with zero attached hydrogens (tertiary/aromatic N) is 2. The molecule has 6 nitrogen and oxygen atoms in total. The van der Waals surface area contributed by atoms with Gasteiger partial charge < -0.3 is 4.90 Å². The molecule has 25 heavy (non-hydrogen) atoms. The maximum absolute atomic E-state index is 12.4. The summed E-state index contributed by atoms with van der Waals surface area (Å²) < 4.78 is 27.2. The fourth-order valence-electron chi connectivity index (χ4n) is 2.59. The Balaban J connectivity index is 1.77. The normalized spacial score (nSPS) is 14.6. The van der Waals surface area contributed by atoms with E-state index in [-0.39, 0.29) is 21.1 Å². The van der Waals surface area contributed by atoms with Crippen molar-refractivity contribution in [1.82, 2.24) is 9.88 Å². The van der Waals surface area contributed by atoms with E-state index in [0.717, 1.165) is 25.9 Å². The third-order valence-electron chi connectivity index (χ3n) is 3.85. The van der Waals surface area contributed by atoms with Gasteiger partial charge in [-0.15, -0.1) is 0 Å². The van der Waals surface area contributed by atoms with E-state index >= 15 is 0 Å². The van der Waals surface area contributed by atoms with Gasteiger partial charge in [-0.25, -0.2) is 13.4 Å². The van der Waals surface area contributed by atoms with Gasteiger partial charge in [0.25, 0.3) is 15.9 Å². The largest absolute Gasteiger partial charge is 0.339 e. The van der Waals surface area contributed by atoms with Crippen LogP contribution in [0.3, 0.4) is 0 Å². The monoisotopic (exact) mass is 399 g/mol. The van der Waals surface area contributed by atoms with E-state index in [4.69, 9.17) is 23.2 Å². The molecular weight excluding hydrogens is 385 g/mol. The molecule has 1 aromatic carbocycles. The van der Waals surface area contributed by atoms with Crippen molar-refractivity contribution in [2.24, 2.45) is 0 Å². The average molecular weight is 400 g/mol. The standard InChI is InChI=1S/C16H15Cl2N3O3S/c17-14-8-7-13(15(18)19-14)25(23,24)20-12-5-3-11(4-6-12)16(22)21-9-1-2-10-21/h3-8,20H,1-2,9-10H2. The first-order chi connectivity index (χ1) is 11.9. The Bertz CT molecular complexity index is 895. The molecule has 2 aromatic rings. The molecule has 0 spiro atoms. The van der Waals surface area contributed by atoms with Gasteiger partial charge in [-0.3, -0.25) is 9.52 Å². The fraction of sp³-hybridized carbons (Fsp3) is 0.250. The summed E-state index contributed by atoms with van der Waals surface area (Å²) in [4.78, 5) is 17.6. The number of pyridine rings is 1.